The molecule has 0 saturated carbocycles. The molecule has 1 aliphatic rings. The van der Waals surface area contributed by atoms with Gasteiger partial charge in [-0.3, -0.25) is 19.8 Å². The summed E-state index contributed by atoms with van der Waals surface area (Å²) in [4.78, 5) is 46.5. The average Bonchev–Trinajstić information content (AvgIpc) is 3.36. The molecule has 2 aromatic heterocycles. The molecular formula is C31H33N5O3S. The lowest BCUT2D eigenvalue weighted by atomic mass is 9.93. The topological polar surface area (TPSA) is 115 Å². The lowest BCUT2D eigenvalue weighted by Crippen LogP contribution is -2.63. The van der Waals surface area contributed by atoms with Gasteiger partial charge in [0.1, 0.15) is 16.9 Å². The van der Waals surface area contributed by atoms with Crippen molar-refractivity contribution in [2.45, 2.75) is 52.5 Å². The van der Waals surface area contributed by atoms with E-state index in [-0.39, 0.29) is 33.4 Å². The van der Waals surface area contributed by atoms with Gasteiger partial charge in [-0.2, -0.15) is 0 Å². The van der Waals surface area contributed by atoms with Crippen molar-refractivity contribution in [3.8, 4) is 11.8 Å². The Morgan fingerprint density at radius 3 is 2.58 bits per heavy atom. The van der Waals surface area contributed by atoms with Gasteiger partial charge in [-0.15, -0.1) is 11.3 Å². The molecule has 4 rings (SSSR count). The van der Waals surface area contributed by atoms with Crippen LogP contribution in [0.1, 0.15) is 71.6 Å². The van der Waals surface area contributed by atoms with Crippen molar-refractivity contribution >= 4 is 40.5 Å². The largest absolute Gasteiger partial charge is 0.352 e. The number of nitrogens with zero attached hydrogens (tertiary/aromatic N) is 2. The standard InChI is InChI=1S/C31H33N5O3S/c1-19-10-12-22(17-20(19)11-13-21-9-7-8-14-33-21)35-27(37)25(32)26-23(18-24(40-26)30(2,3)4)28(38)36-16-15-34-29(39)31(36,5)6/h7-10,12,14,17-18,32H,15-16H2,1-6H3,(H,34,39)(H,35,37). The summed E-state index contributed by atoms with van der Waals surface area (Å²) in [6.07, 6.45) is 1.68. The smallest absolute Gasteiger partial charge is 0.275 e. The normalized spacial score (nSPS) is 14.6. The van der Waals surface area contributed by atoms with Gasteiger partial charge in [0.2, 0.25) is 5.91 Å². The van der Waals surface area contributed by atoms with Gasteiger partial charge in [-0.1, -0.05) is 38.8 Å². The number of carbonyl (C=O) groups excluding carboxylic acids is 3. The van der Waals surface area contributed by atoms with E-state index in [1.165, 1.54) is 16.2 Å². The Morgan fingerprint density at radius 1 is 1.15 bits per heavy atom. The van der Waals surface area contributed by atoms with E-state index in [0.717, 1.165) is 16.0 Å². The Bertz CT molecular complexity index is 1550. The number of aromatic nitrogens is 1. The first-order chi connectivity index (χ1) is 18.8. The Labute approximate surface area is 238 Å². The zero-order chi connectivity index (χ0) is 29.2. The molecule has 1 saturated heterocycles. The van der Waals surface area contributed by atoms with Crippen molar-refractivity contribution in [3.05, 3.63) is 80.8 Å². The molecule has 0 aliphatic carbocycles. The van der Waals surface area contributed by atoms with Crippen LogP contribution in [0.15, 0.2) is 48.7 Å². The second kappa shape index (κ2) is 11.1. The van der Waals surface area contributed by atoms with Gasteiger partial charge in [0, 0.05) is 35.4 Å². The zero-order valence-corrected chi connectivity index (χ0v) is 24.4. The SMILES string of the molecule is Cc1ccc(NC(=O)C(=N)c2sc(C(C)(C)C)cc2C(=O)N2CCNC(=O)C2(C)C)cc1C#Cc1ccccn1. The molecule has 0 atom stereocenters. The van der Waals surface area contributed by atoms with Crippen molar-refractivity contribution in [1.82, 2.24) is 15.2 Å². The highest BCUT2D eigenvalue weighted by Crippen LogP contribution is 2.35. The third-order valence-electron chi connectivity index (χ3n) is 6.74. The summed E-state index contributed by atoms with van der Waals surface area (Å²) in [5.41, 5.74) is 1.36. The Kier molecular flexibility index (Phi) is 7.94. The van der Waals surface area contributed by atoms with Crippen LogP contribution >= 0.6 is 11.3 Å². The van der Waals surface area contributed by atoms with Gasteiger partial charge in [0.05, 0.1) is 10.4 Å². The summed E-state index contributed by atoms with van der Waals surface area (Å²) < 4.78 is 0. The van der Waals surface area contributed by atoms with Gasteiger partial charge >= 0.3 is 0 Å². The summed E-state index contributed by atoms with van der Waals surface area (Å²) in [6.45, 7) is 12.0. The van der Waals surface area contributed by atoms with E-state index in [2.05, 4.69) is 27.5 Å². The molecule has 8 nitrogen and oxygen atoms in total. The van der Waals surface area contributed by atoms with E-state index in [4.69, 9.17) is 5.41 Å². The molecule has 1 aromatic carbocycles. The van der Waals surface area contributed by atoms with E-state index in [0.29, 0.717) is 24.5 Å². The molecule has 9 heteroatoms. The maximum atomic E-state index is 13.8. The first-order valence-corrected chi connectivity index (χ1v) is 13.8. The van der Waals surface area contributed by atoms with Crippen LogP contribution in [0, 0.1) is 24.2 Å². The van der Waals surface area contributed by atoms with E-state index < -0.39 is 11.4 Å². The fraction of sp³-hybridized carbons (Fsp3) is 0.323. The summed E-state index contributed by atoms with van der Waals surface area (Å²) in [5, 5.41) is 14.4. The van der Waals surface area contributed by atoms with Gasteiger partial charge in [-0.25, -0.2) is 4.98 Å². The Balaban J connectivity index is 1.63. The lowest BCUT2D eigenvalue weighted by molar-refractivity contribution is -0.133. The highest BCUT2D eigenvalue weighted by Gasteiger charge is 2.42. The monoisotopic (exact) mass is 555 g/mol. The number of piperazine rings is 1. The van der Waals surface area contributed by atoms with Crippen LogP contribution in [0.2, 0.25) is 0 Å². The number of amides is 3. The lowest BCUT2D eigenvalue weighted by Gasteiger charge is -2.41. The molecule has 1 fully saturated rings. The van der Waals surface area contributed by atoms with Crippen LogP contribution in [-0.2, 0) is 15.0 Å². The van der Waals surface area contributed by atoms with Crippen molar-refractivity contribution in [3.63, 3.8) is 0 Å². The molecule has 40 heavy (non-hydrogen) atoms. The fourth-order valence-corrected chi connectivity index (χ4v) is 5.36. The molecule has 3 amide bonds. The van der Waals surface area contributed by atoms with Crippen LogP contribution in [0.25, 0.3) is 0 Å². The third kappa shape index (κ3) is 5.97. The number of nitrogens with one attached hydrogen (secondary N) is 3. The second-order valence-corrected chi connectivity index (χ2v) is 12.3. The first-order valence-electron chi connectivity index (χ1n) is 13.0. The van der Waals surface area contributed by atoms with Crippen LogP contribution in [0.5, 0.6) is 0 Å². The molecule has 3 N–H and O–H groups in total. The molecule has 0 unspecified atom stereocenters. The summed E-state index contributed by atoms with van der Waals surface area (Å²) in [7, 11) is 0. The summed E-state index contributed by atoms with van der Waals surface area (Å²) in [5.74, 6) is 4.87. The number of hydrogen-bond acceptors (Lipinski definition) is 6. The minimum Gasteiger partial charge on any atom is -0.352 e. The Morgan fingerprint density at radius 2 is 1.90 bits per heavy atom. The number of hydrogen-bond donors (Lipinski definition) is 3. The van der Waals surface area contributed by atoms with Gasteiger partial charge in [0.15, 0.2) is 0 Å². The number of rotatable bonds is 4. The first kappa shape index (κ1) is 28.7. The number of carbonyl (C=O) groups is 3. The molecule has 0 spiro atoms. The molecule has 0 bridgehead atoms. The molecular weight excluding hydrogens is 522 g/mol. The predicted molar refractivity (Wildman–Crippen MR) is 158 cm³/mol. The van der Waals surface area contributed by atoms with E-state index in [9.17, 15) is 14.4 Å². The predicted octanol–water partition coefficient (Wildman–Crippen LogP) is 4.51. The van der Waals surface area contributed by atoms with Crippen LogP contribution in [0.4, 0.5) is 5.69 Å². The van der Waals surface area contributed by atoms with Crippen LogP contribution in [0.3, 0.4) is 0 Å². The van der Waals surface area contributed by atoms with E-state index >= 15 is 0 Å². The minimum atomic E-state index is -1.06. The van der Waals surface area contributed by atoms with E-state index in [1.807, 2.05) is 52.0 Å². The maximum Gasteiger partial charge on any atom is 0.275 e. The molecule has 1 aliphatic heterocycles. The number of benzene rings is 1. The van der Waals surface area contributed by atoms with Crippen molar-refractivity contribution in [1.29, 1.82) is 5.41 Å². The highest BCUT2D eigenvalue weighted by atomic mass is 32.1. The van der Waals surface area contributed by atoms with Crippen molar-refractivity contribution in [2.75, 3.05) is 18.4 Å². The van der Waals surface area contributed by atoms with Gasteiger partial charge in [-0.05, 0) is 68.0 Å². The van der Waals surface area contributed by atoms with Gasteiger partial charge < -0.3 is 15.5 Å². The molecule has 0 radical (unpaired) electrons. The zero-order valence-electron chi connectivity index (χ0n) is 23.6. The molecule has 3 heterocycles. The Hall–Kier alpha value is -4.29. The minimum absolute atomic E-state index is 0.242. The van der Waals surface area contributed by atoms with Crippen molar-refractivity contribution < 1.29 is 14.4 Å². The summed E-state index contributed by atoms with van der Waals surface area (Å²) >= 11 is 1.26. The summed E-state index contributed by atoms with van der Waals surface area (Å²) in [6, 6.07) is 12.6. The number of thiophene rings is 1. The molecule has 3 aromatic rings. The number of aryl methyl sites for hydroxylation is 1. The quantitative estimate of drug-likeness (QED) is 0.325. The third-order valence-corrected chi connectivity index (χ3v) is 8.32. The van der Waals surface area contributed by atoms with Crippen molar-refractivity contribution in [2.24, 2.45) is 0 Å². The van der Waals surface area contributed by atoms with Gasteiger partial charge in [0.25, 0.3) is 11.8 Å². The number of pyridine rings is 1. The van der Waals surface area contributed by atoms with E-state index in [1.54, 1.807) is 38.2 Å². The maximum absolute atomic E-state index is 13.8. The molecule has 206 valence electrons. The highest BCUT2D eigenvalue weighted by molar-refractivity contribution is 7.15. The van der Waals surface area contributed by atoms with Crippen LogP contribution in [-0.4, -0.2) is 51.9 Å². The number of anilines is 1. The van der Waals surface area contributed by atoms with Crippen LogP contribution < -0.4 is 10.6 Å². The second-order valence-electron chi connectivity index (χ2n) is 11.2. The fourth-order valence-electron chi connectivity index (χ4n) is 4.20. The average molecular weight is 556 g/mol.